The minimum atomic E-state index is -3.44. The lowest BCUT2D eigenvalue weighted by Crippen LogP contribution is -2.40. The molecule has 2 aromatic rings. The minimum absolute atomic E-state index is 0. The number of benzene rings is 1. The lowest BCUT2D eigenvalue weighted by Gasteiger charge is -2.31. The molecular formula is C18H21Cl2FN2O2S. The smallest absolute Gasteiger partial charge is 0.198 e. The lowest BCUT2D eigenvalue weighted by atomic mass is 10.1. The number of hydrogen-bond acceptors (Lipinski definition) is 4. The van der Waals surface area contributed by atoms with Gasteiger partial charge in [-0.3, -0.25) is 0 Å². The molecule has 1 aromatic heterocycles. The Labute approximate surface area is 164 Å². The predicted molar refractivity (Wildman–Crippen MR) is 103 cm³/mol. The van der Waals surface area contributed by atoms with E-state index in [9.17, 15) is 12.8 Å². The van der Waals surface area contributed by atoms with E-state index in [2.05, 4.69) is 9.88 Å². The highest BCUT2D eigenvalue weighted by molar-refractivity contribution is 7.92. The topological polar surface area (TPSA) is 50.3 Å². The molecule has 0 unspecified atom stereocenters. The van der Waals surface area contributed by atoms with Crippen LogP contribution in [0.2, 0.25) is 5.15 Å². The molecule has 0 aliphatic carbocycles. The van der Waals surface area contributed by atoms with Gasteiger partial charge in [-0.15, -0.1) is 12.4 Å². The molecule has 0 bridgehead atoms. The number of halogens is 3. The van der Waals surface area contributed by atoms with Crippen molar-refractivity contribution in [1.82, 2.24) is 9.88 Å². The molecule has 1 saturated heterocycles. The third-order valence-electron chi connectivity index (χ3n) is 4.58. The molecule has 4 nitrogen and oxygen atoms in total. The van der Waals surface area contributed by atoms with Crippen LogP contribution < -0.4 is 0 Å². The normalized spacial score (nSPS) is 16.2. The van der Waals surface area contributed by atoms with E-state index in [0.29, 0.717) is 12.8 Å². The highest BCUT2D eigenvalue weighted by atomic mass is 35.5. The molecule has 8 heteroatoms. The number of nitrogens with zero attached hydrogens (tertiary/aromatic N) is 2. The molecule has 0 N–H and O–H groups in total. The Kier molecular flexibility index (Phi) is 7.41. The maximum atomic E-state index is 12.9. The summed E-state index contributed by atoms with van der Waals surface area (Å²) in [5, 5.41) is -0.164. The maximum Gasteiger partial charge on any atom is 0.198 e. The lowest BCUT2D eigenvalue weighted by molar-refractivity contribution is 0.232. The molecule has 0 spiro atoms. The summed E-state index contributed by atoms with van der Waals surface area (Å²) >= 11 is 5.81. The number of hydrogen-bond donors (Lipinski definition) is 0. The molecule has 0 atom stereocenters. The molecule has 142 valence electrons. The van der Waals surface area contributed by atoms with Crippen LogP contribution in [0.5, 0.6) is 0 Å². The van der Waals surface area contributed by atoms with E-state index in [1.54, 1.807) is 24.3 Å². The molecule has 1 aliphatic rings. The van der Waals surface area contributed by atoms with Crippen LogP contribution in [-0.4, -0.2) is 43.2 Å². The summed E-state index contributed by atoms with van der Waals surface area (Å²) in [6, 6.07) is 11.2. The summed E-state index contributed by atoms with van der Waals surface area (Å²) in [5.41, 5.74) is 1.08. The summed E-state index contributed by atoms with van der Waals surface area (Å²) in [5.74, 6) is -0.232. The zero-order valence-corrected chi connectivity index (χ0v) is 16.5. The first-order chi connectivity index (χ1) is 11.9. The fraction of sp³-hybridized carbons (Fsp3) is 0.389. The average molecular weight is 419 g/mol. The van der Waals surface area contributed by atoms with Crippen LogP contribution in [-0.2, 0) is 16.3 Å². The van der Waals surface area contributed by atoms with E-state index in [0.717, 1.165) is 31.6 Å². The summed E-state index contributed by atoms with van der Waals surface area (Å²) in [6.45, 7) is 2.30. The second-order valence-corrected chi connectivity index (χ2v) is 8.82. The van der Waals surface area contributed by atoms with Crippen LogP contribution in [0.1, 0.15) is 18.4 Å². The third kappa shape index (κ3) is 5.16. The van der Waals surface area contributed by atoms with Gasteiger partial charge in [-0.2, -0.15) is 0 Å². The summed E-state index contributed by atoms with van der Waals surface area (Å²) in [6.07, 6.45) is 1.99. The minimum Gasteiger partial charge on any atom is -0.303 e. The van der Waals surface area contributed by atoms with Crippen LogP contribution in [0.3, 0.4) is 0 Å². The highest BCUT2D eigenvalue weighted by Gasteiger charge is 2.32. The van der Waals surface area contributed by atoms with Crippen molar-refractivity contribution in [3.05, 3.63) is 59.0 Å². The molecule has 26 heavy (non-hydrogen) atoms. The number of pyridine rings is 1. The van der Waals surface area contributed by atoms with Gasteiger partial charge in [0.05, 0.1) is 5.25 Å². The molecule has 1 aromatic carbocycles. The van der Waals surface area contributed by atoms with Gasteiger partial charge in [0.2, 0.25) is 0 Å². The summed E-state index contributed by atoms with van der Waals surface area (Å²) in [4.78, 5) is 6.21. The first-order valence-corrected chi connectivity index (χ1v) is 10.2. The molecule has 0 amide bonds. The Morgan fingerprint density at radius 1 is 1.12 bits per heavy atom. The van der Waals surface area contributed by atoms with Crippen LogP contribution >= 0.6 is 24.0 Å². The van der Waals surface area contributed by atoms with Crippen LogP contribution in [0.4, 0.5) is 4.39 Å². The van der Waals surface area contributed by atoms with E-state index >= 15 is 0 Å². The quantitative estimate of drug-likeness (QED) is 0.693. The first-order valence-electron chi connectivity index (χ1n) is 8.28. The van der Waals surface area contributed by atoms with Crippen molar-refractivity contribution in [2.45, 2.75) is 29.5 Å². The third-order valence-corrected chi connectivity index (χ3v) is 6.95. The molecular weight excluding hydrogens is 398 g/mol. The Hall–Kier alpha value is -1.21. The number of sulfone groups is 1. The van der Waals surface area contributed by atoms with Crippen LogP contribution in [0, 0.1) is 5.82 Å². The Morgan fingerprint density at radius 3 is 2.38 bits per heavy atom. The van der Waals surface area contributed by atoms with E-state index in [4.69, 9.17) is 11.6 Å². The number of aromatic nitrogens is 1. The zero-order chi connectivity index (χ0) is 17.9. The van der Waals surface area contributed by atoms with E-state index in [1.807, 2.05) is 0 Å². The number of piperidine rings is 1. The van der Waals surface area contributed by atoms with E-state index in [1.165, 1.54) is 18.2 Å². The van der Waals surface area contributed by atoms with Crippen LogP contribution in [0.15, 0.2) is 47.5 Å². The van der Waals surface area contributed by atoms with Gasteiger partial charge in [0.1, 0.15) is 11.0 Å². The van der Waals surface area contributed by atoms with Crippen LogP contribution in [0.25, 0.3) is 0 Å². The number of likely N-dealkylation sites (tertiary alicyclic amines) is 1. The van der Waals surface area contributed by atoms with Crippen molar-refractivity contribution in [1.29, 1.82) is 0 Å². The van der Waals surface area contributed by atoms with Gasteiger partial charge in [-0.25, -0.2) is 17.8 Å². The average Bonchev–Trinajstić information content (AvgIpc) is 2.62. The Balaban J connectivity index is 0.00000243. The molecule has 1 aliphatic heterocycles. The van der Waals surface area contributed by atoms with Crippen molar-refractivity contribution in [2.24, 2.45) is 0 Å². The molecule has 0 saturated carbocycles. The van der Waals surface area contributed by atoms with Gasteiger partial charge < -0.3 is 4.90 Å². The molecule has 0 radical (unpaired) electrons. The van der Waals surface area contributed by atoms with Gasteiger partial charge in [-0.1, -0.05) is 29.8 Å². The highest BCUT2D eigenvalue weighted by Crippen LogP contribution is 2.24. The number of rotatable bonds is 5. The van der Waals surface area contributed by atoms with Crippen molar-refractivity contribution < 1.29 is 12.8 Å². The van der Waals surface area contributed by atoms with Gasteiger partial charge in [0.25, 0.3) is 0 Å². The summed E-state index contributed by atoms with van der Waals surface area (Å²) < 4.78 is 38.3. The standard InChI is InChI=1S/C18H20ClFN2O2S.ClH/c19-17-2-1-3-18(21-17)25(23,24)16-9-12-22(13-10-16)11-8-14-4-6-15(20)7-5-14;/h1-7,16H,8-13H2;1H. The monoisotopic (exact) mass is 418 g/mol. The van der Waals surface area contributed by atoms with Gasteiger partial charge >= 0.3 is 0 Å². The van der Waals surface area contributed by atoms with Crippen molar-refractivity contribution in [3.63, 3.8) is 0 Å². The van der Waals surface area contributed by atoms with Crippen molar-refractivity contribution in [3.8, 4) is 0 Å². The second-order valence-electron chi connectivity index (χ2n) is 6.26. The summed E-state index contributed by atoms with van der Waals surface area (Å²) in [7, 11) is -3.44. The Morgan fingerprint density at radius 2 is 1.77 bits per heavy atom. The largest absolute Gasteiger partial charge is 0.303 e. The fourth-order valence-corrected chi connectivity index (χ4v) is 4.98. The second kappa shape index (κ2) is 9.13. The van der Waals surface area contributed by atoms with Gasteiger partial charge in [0.15, 0.2) is 14.9 Å². The molecule has 2 heterocycles. The fourth-order valence-electron chi connectivity index (χ4n) is 3.10. The molecule has 3 rings (SSSR count). The first kappa shape index (κ1) is 21.1. The van der Waals surface area contributed by atoms with E-state index in [-0.39, 0.29) is 28.4 Å². The predicted octanol–water partition coefficient (Wildman–Crippen LogP) is 3.78. The van der Waals surface area contributed by atoms with Gasteiger partial charge in [-0.05, 0) is 62.2 Å². The Bertz CT molecular complexity index is 823. The molecule has 1 fully saturated rings. The van der Waals surface area contributed by atoms with E-state index < -0.39 is 15.1 Å². The zero-order valence-electron chi connectivity index (χ0n) is 14.1. The van der Waals surface area contributed by atoms with Gasteiger partial charge in [0, 0.05) is 6.54 Å². The van der Waals surface area contributed by atoms with Crippen molar-refractivity contribution in [2.75, 3.05) is 19.6 Å². The van der Waals surface area contributed by atoms with Crippen molar-refractivity contribution >= 4 is 33.8 Å². The maximum absolute atomic E-state index is 12.9. The SMILES string of the molecule is Cl.O=S(=O)(c1cccc(Cl)n1)C1CCN(CCc2ccc(F)cc2)CC1.